The van der Waals surface area contributed by atoms with Crippen LogP contribution in [0.3, 0.4) is 0 Å². The lowest BCUT2D eigenvalue weighted by atomic mass is 10.1. The second-order valence-corrected chi connectivity index (χ2v) is 6.78. The fourth-order valence-electron chi connectivity index (χ4n) is 2.84. The number of primary amides is 1. The molecule has 3 rings (SSSR count). The van der Waals surface area contributed by atoms with E-state index in [9.17, 15) is 14.9 Å². The molecule has 1 heterocycles. The lowest BCUT2D eigenvalue weighted by Crippen LogP contribution is -2.35. The smallest absolute Gasteiger partial charge is 0.319 e. The van der Waals surface area contributed by atoms with Crippen LogP contribution in [-0.4, -0.2) is 16.5 Å². The average molecular weight is 413 g/mol. The number of para-hydroxylation sites is 1. The first kappa shape index (κ1) is 19.5. The Labute approximate surface area is 170 Å². The van der Waals surface area contributed by atoms with Gasteiger partial charge in [0.25, 0.3) is 5.91 Å². The Balaban J connectivity index is 2.04. The largest absolute Gasteiger partial charge is 0.351 e. The van der Waals surface area contributed by atoms with E-state index in [4.69, 9.17) is 28.9 Å². The summed E-state index contributed by atoms with van der Waals surface area (Å²) >= 11 is 12.1. The molecular weight excluding hydrogens is 399 g/mol. The number of carbonyl (C=O) groups is 2. The van der Waals surface area contributed by atoms with Gasteiger partial charge in [0, 0.05) is 29.2 Å². The Morgan fingerprint density at radius 3 is 2.61 bits per heavy atom. The first-order valence-corrected chi connectivity index (χ1v) is 8.89. The zero-order valence-electron chi connectivity index (χ0n) is 14.4. The van der Waals surface area contributed by atoms with Crippen molar-refractivity contribution in [3.05, 3.63) is 75.4 Å². The number of benzene rings is 2. The highest BCUT2D eigenvalue weighted by atomic mass is 35.5. The first-order valence-electron chi connectivity index (χ1n) is 8.13. The number of amides is 3. The molecular formula is C20H14Cl2N4O2. The highest BCUT2D eigenvalue weighted by Gasteiger charge is 2.14. The van der Waals surface area contributed by atoms with Gasteiger partial charge in [-0.1, -0.05) is 47.5 Å². The van der Waals surface area contributed by atoms with Crippen LogP contribution in [0.2, 0.25) is 10.0 Å². The molecule has 0 spiro atoms. The van der Waals surface area contributed by atoms with Gasteiger partial charge in [0.1, 0.15) is 11.6 Å². The number of imide groups is 1. The van der Waals surface area contributed by atoms with Gasteiger partial charge in [0.2, 0.25) is 0 Å². The topological polar surface area (TPSA) is 101 Å². The van der Waals surface area contributed by atoms with E-state index < -0.39 is 11.9 Å². The number of carbonyl (C=O) groups excluding carboxylic acids is 2. The van der Waals surface area contributed by atoms with E-state index in [-0.39, 0.29) is 5.57 Å². The van der Waals surface area contributed by atoms with Gasteiger partial charge < -0.3 is 10.3 Å². The second kappa shape index (κ2) is 8.17. The summed E-state index contributed by atoms with van der Waals surface area (Å²) in [6.07, 6.45) is 3.24. The molecule has 0 radical (unpaired) electrons. The van der Waals surface area contributed by atoms with Crippen LogP contribution in [0.25, 0.3) is 17.0 Å². The van der Waals surface area contributed by atoms with Crippen LogP contribution in [0.1, 0.15) is 11.1 Å². The highest BCUT2D eigenvalue weighted by Crippen LogP contribution is 2.27. The quantitative estimate of drug-likeness (QED) is 0.498. The van der Waals surface area contributed by atoms with Crippen LogP contribution in [0.4, 0.5) is 4.79 Å². The Hall–Kier alpha value is -3.27. The molecule has 6 nitrogen and oxygen atoms in total. The van der Waals surface area contributed by atoms with Gasteiger partial charge in [0.05, 0.1) is 10.0 Å². The summed E-state index contributed by atoms with van der Waals surface area (Å²) in [4.78, 5) is 22.8. The summed E-state index contributed by atoms with van der Waals surface area (Å²) in [5, 5.41) is 13.0. The molecule has 1 aromatic heterocycles. The zero-order chi connectivity index (χ0) is 20.3. The van der Waals surface area contributed by atoms with Crippen molar-refractivity contribution in [3.8, 4) is 6.07 Å². The van der Waals surface area contributed by atoms with Gasteiger partial charge in [0.15, 0.2) is 0 Å². The molecule has 28 heavy (non-hydrogen) atoms. The van der Waals surface area contributed by atoms with Crippen molar-refractivity contribution in [1.82, 2.24) is 9.88 Å². The summed E-state index contributed by atoms with van der Waals surface area (Å²) in [5.41, 5.74) is 7.24. The number of nitrogens with two attached hydrogens (primary N) is 1. The average Bonchev–Trinajstić information content (AvgIpc) is 2.99. The Morgan fingerprint density at radius 1 is 1.18 bits per heavy atom. The fraction of sp³-hybridized carbons (Fsp3) is 0.0500. The highest BCUT2D eigenvalue weighted by molar-refractivity contribution is 6.42. The molecule has 0 saturated heterocycles. The molecule has 3 amide bonds. The molecule has 0 aliphatic rings. The lowest BCUT2D eigenvalue weighted by molar-refractivity contribution is -0.115. The van der Waals surface area contributed by atoms with Crippen molar-refractivity contribution in [2.75, 3.05) is 0 Å². The maximum atomic E-state index is 12.0. The summed E-state index contributed by atoms with van der Waals surface area (Å²) in [5.74, 6) is -0.851. The van der Waals surface area contributed by atoms with E-state index in [2.05, 4.69) is 0 Å². The zero-order valence-corrected chi connectivity index (χ0v) is 16.0. The Morgan fingerprint density at radius 2 is 1.93 bits per heavy atom. The molecule has 0 atom stereocenters. The fourth-order valence-corrected chi connectivity index (χ4v) is 3.16. The van der Waals surface area contributed by atoms with E-state index >= 15 is 0 Å². The third-order valence-electron chi connectivity index (χ3n) is 4.06. The minimum absolute atomic E-state index is 0.226. The van der Waals surface area contributed by atoms with Crippen LogP contribution in [0.5, 0.6) is 0 Å². The van der Waals surface area contributed by atoms with Crippen LogP contribution < -0.4 is 11.1 Å². The molecule has 0 bridgehead atoms. The number of halogens is 2. The summed E-state index contributed by atoms with van der Waals surface area (Å²) in [7, 11) is 0. The second-order valence-electron chi connectivity index (χ2n) is 5.97. The van der Waals surface area contributed by atoms with Crippen molar-refractivity contribution < 1.29 is 9.59 Å². The number of fused-ring (bicyclic) bond motifs is 1. The molecule has 0 fully saturated rings. The van der Waals surface area contributed by atoms with Crippen LogP contribution >= 0.6 is 23.2 Å². The number of nitrogens with zero attached hydrogens (tertiary/aromatic N) is 2. The standard InChI is InChI=1S/C20H14Cl2N4O2/c21-16-6-5-12(7-17(16)22)10-26-11-14(15-3-1-2-4-18(15)26)8-13(9-23)19(27)25-20(24)28/h1-8,11H,10H2,(H3,24,25,27,28)/b13-8-. The van der Waals surface area contributed by atoms with Gasteiger partial charge in [-0.15, -0.1) is 0 Å². The molecule has 8 heteroatoms. The third-order valence-corrected chi connectivity index (χ3v) is 4.80. The van der Waals surface area contributed by atoms with Gasteiger partial charge in [-0.2, -0.15) is 5.26 Å². The lowest BCUT2D eigenvalue weighted by Gasteiger charge is -2.06. The Kier molecular flexibility index (Phi) is 5.69. The van der Waals surface area contributed by atoms with E-state index in [0.29, 0.717) is 22.2 Å². The van der Waals surface area contributed by atoms with Crippen LogP contribution in [-0.2, 0) is 11.3 Å². The normalized spacial score (nSPS) is 11.2. The van der Waals surface area contributed by atoms with Gasteiger partial charge >= 0.3 is 6.03 Å². The van der Waals surface area contributed by atoms with Crippen molar-refractivity contribution >= 4 is 52.1 Å². The number of nitrogens with one attached hydrogen (secondary N) is 1. The van der Waals surface area contributed by atoms with Crippen molar-refractivity contribution in [1.29, 1.82) is 5.26 Å². The summed E-state index contributed by atoms with van der Waals surface area (Å²) < 4.78 is 1.97. The summed E-state index contributed by atoms with van der Waals surface area (Å²) in [6.45, 7) is 0.514. The van der Waals surface area contributed by atoms with Gasteiger partial charge in [-0.05, 0) is 29.8 Å². The van der Waals surface area contributed by atoms with Crippen molar-refractivity contribution in [3.63, 3.8) is 0 Å². The van der Waals surface area contributed by atoms with Crippen molar-refractivity contribution in [2.24, 2.45) is 5.73 Å². The van der Waals surface area contributed by atoms with Gasteiger partial charge in [-0.3, -0.25) is 10.1 Å². The number of hydrogen-bond donors (Lipinski definition) is 2. The number of hydrogen-bond acceptors (Lipinski definition) is 3. The van der Waals surface area contributed by atoms with E-state index in [1.807, 2.05) is 46.4 Å². The van der Waals surface area contributed by atoms with E-state index in [1.54, 1.807) is 18.2 Å². The van der Waals surface area contributed by atoms with Crippen LogP contribution in [0.15, 0.2) is 54.2 Å². The molecule has 140 valence electrons. The minimum atomic E-state index is -1.02. The monoisotopic (exact) mass is 412 g/mol. The molecule has 3 aromatic rings. The predicted octanol–water partition coefficient (Wildman–Crippen LogP) is 4.10. The number of nitriles is 1. The Bertz CT molecular complexity index is 1160. The number of aromatic nitrogens is 1. The summed E-state index contributed by atoms with van der Waals surface area (Å²) in [6, 6.07) is 13.7. The number of rotatable bonds is 4. The minimum Gasteiger partial charge on any atom is -0.351 e. The van der Waals surface area contributed by atoms with Gasteiger partial charge in [-0.25, -0.2) is 4.79 Å². The first-order chi connectivity index (χ1) is 13.4. The molecule has 0 saturated carbocycles. The van der Waals surface area contributed by atoms with Crippen molar-refractivity contribution in [2.45, 2.75) is 6.54 Å². The molecule has 2 aromatic carbocycles. The maximum absolute atomic E-state index is 12.0. The van der Waals surface area contributed by atoms with E-state index in [1.165, 1.54) is 6.08 Å². The molecule has 0 aliphatic carbocycles. The predicted molar refractivity (Wildman–Crippen MR) is 109 cm³/mol. The third kappa shape index (κ3) is 4.17. The molecule has 0 aliphatic heterocycles. The van der Waals surface area contributed by atoms with E-state index in [0.717, 1.165) is 16.5 Å². The molecule has 0 unspecified atom stereocenters. The molecule has 3 N–H and O–H groups in total. The maximum Gasteiger partial charge on any atom is 0.319 e. The number of urea groups is 1. The van der Waals surface area contributed by atoms with Crippen LogP contribution in [0, 0.1) is 11.3 Å². The SMILES string of the molecule is N#C/C(=C/c1cn(Cc2ccc(Cl)c(Cl)c2)c2ccccc12)C(=O)NC(N)=O.